The highest BCUT2D eigenvalue weighted by molar-refractivity contribution is 5.74. The molecular weight excluding hydrogens is 266 g/mol. The monoisotopic (exact) mass is 291 g/mol. The molecule has 0 atom stereocenters. The number of carbonyl (C=O) groups is 1. The number of hydrogen-bond acceptors (Lipinski definition) is 4. The fraction of sp³-hybridized carbons (Fsp3) is 0.562. The molecule has 0 aromatic heterocycles. The Balaban J connectivity index is 1.57. The van der Waals surface area contributed by atoms with Gasteiger partial charge in [0.1, 0.15) is 6.61 Å². The summed E-state index contributed by atoms with van der Waals surface area (Å²) in [4.78, 5) is 13.0. The van der Waals surface area contributed by atoms with E-state index in [1.807, 2.05) is 0 Å². The number of primary amides is 1. The van der Waals surface area contributed by atoms with Crippen molar-refractivity contribution in [1.29, 1.82) is 0 Å². The van der Waals surface area contributed by atoms with E-state index in [4.69, 9.17) is 10.5 Å². The highest BCUT2D eigenvalue weighted by Gasteiger charge is 2.18. The summed E-state index contributed by atoms with van der Waals surface area (Å²) in [5, 5.41) is 3.48. The minimum Gasteiger partial charge on any atom is -0.370 e. The molecule has 1 fully saturated rings. The molecule has 0 spiro atoms. The summed E-state index contributed by atoms with van der Waals surface area (Å²) in [5.74, 6) is -0.413. The van der Waals surface area contributed by atoms with Crippen molar-refractivity contribution in [2.75, 3.05) is 32.8 Å². The van der Waals surface area contributed by atoms with Crippen LogP contribution in [0.1, 0.15) is 18.4 Å². The van der Waals surface area contributed by atoms with Gasteiger partial charge in [-0.05, 0) is 31.5 Å². The van der Waals surface area contributed by atoms with E-state index in [1.165, 1.54) is 5.56 Å². The average molecular weight is 291 g/mol. The lowest BCUT2D eigenvalue weighted by atomic mass is 10.0. The van der Waals surface area contributed by atoms with E-state index in [0.717, 1.165) is 39.0 Å². The van der Waals surface area contributed by atoms with Crippen LogP contribution >= 0.6 is 0 Å². The largest absolute Gasteiger partial charge is 0.370 e. The normalized spacial score (nSPS) is 17.0. The zero-order valence-electron chi connectivity index (χ0n) is 12.5. The van der Waals surface area contributed by atoms with Gasteiger partial charge in [0, 0.05) is 19.1 Å². The van der Waals surface area contributed by atoms with Gasteiger partial charge in [0.15, 0.2) is 0 Å². The molecule has 0 aliphatic carbocycles. The molecule has 2 rings (SSSR count). The van der Waals surface area contributed by atoms with Crippen LogP contribution in [-0.2, 0) is 16.1 Å². The van der Waals surface area contributed by atoms with Gasteiger partial charge < -0.3 is 15.8 Å². The molecule has 1 aromatic rings. The van der Waals surface area contributed by atoms with Crippen molar-refractivity contribution in [2.24, 2.45) is 5.73 Å². The third-order valence-corrected chi connectivity index (χ3v) is 3.76. The second kappa shape index (κ2) is 8.77. The van der Waals surface area contributed by atoms with Gasteiger partial charge in [0.25, 0.3) is 0 Å². The molecular formula is C16H25N3O2. The molecule has 3 N–H and O–H groups in total. The molecule has 1 aliphatic heterocycles. The van der Waals surface area contributed by atoms with Crippen LogP contribution in [0.3, 0.4) is 0 Å². The Bertz CT molecular complexity index is 417. The fourth-order valence-electron chi connectivity index (χ4n) is 2.64. The van der Waals surface area contributed by atoms with Crippen molar-refractivity contribution in [3.63, 3.8) is 0 Å². The van der Waals surface area contributed by atoms with Crippen molar-refractivity contribution < 1.29 is 9.53 Å². The Labute approximate surface area is 126 Å². The van der Waals surface area contributed by atoms with E-state index >= 15 is 0 Å². The summed E-state index contributed by atoms with van der Waals surface area (Å²) < 4.78 is 5.14. The number of carbonyl (C=O) groups excluding carboxylic acids is 1. The quantitative estimate of drug-likeness (QED) is 0.693. The van der Waals surface area contributed by atoms with Crippen molar-refractivity contribution >= 4 is 5.91 Å². The smallest absolute Gasteiger partial charge is 0.243 e. The minimum absolute atomic E-state index is 0.0111. The van der Waals surface area contributed by atoms with Crippen LogP contribution < -0.4 is 11.1 Å². The molecule has 0 unspecified atom stereocenters. The summed E-state index contributed by atoms with van der Waals surface area (Å²) >= 11 is 0. The number of amides is 1. The van der Waals surface area contributed by atoms with Crippen molar-refractivity contribution in [3.05, 3.63) is 35.9 Å². The van der Waals surface area contributed by atoms with Gasteiger partial charge in [-0.3, -0.25) is 9.69 Å². The number of nitrogens with two attached hydrogens (primary N) is 1. The van der Waals surface area contributed by atoms with Crippen molar-refractivity contribution in [2.45, 2.75) is 25.4 Å². The number of benzene rings is 1. The topological polar surface area (TPSA) is 67.6 Å². The maximum absolute atomic E-state index is 10.5. The van der Waals surface area contributed by atoms with Crippen LogP contribution in [0.5, 0.6) is 0 Å². The van der Waals surface area contributed by atoms with E-state index in [9.17, 15) is 4.79 Å². The molecule has 1 amide bonds. The lowest BCUT2D eigenvalue weighted by Crippen LogP contribution is -2.43. The zero-order valence-corrected chi connectivity index (χ0v) is 12.5. The number of nitrogens with zero attached hydrogens (tertiary/aromatic N) is 1. The lowest BCUT2D eigenvalue weighted by Gasteiger charge is -2.32. The van der Waals surface area contributed by atoms with Gasteiger partial charge in [0.05, 0.1) is 6.61 Å². The maximum Gasteiger partial charge on any atom is 0.243 e. The Morgan fingerprint density at radius 2 is 2.00 bits per heavy atom. The van der Waals surface area contributed by atoms with Gasteiger partial charge in [0.2, 0.25) is 5.91 Å². The first-order valence-corrected chi connectivity index (χ1v) is 7.60. The predicted molar refractivity (Wildman–Crippen MR) is 82.8 cm³/mol. The summed E-state index contributed by atoms with van der Waals surface area (Å²) in [6, 6.07) is 11.2. The van der Waals surface area contributed by atoms with Crippen LogP contribution in [0.25, 0.3) is 0 Å². The average Bonchev–Trinajstić information content (AvgIpc) is 2.49. The van der Waals surface area contributed by atoms with Gasteiger partial charge >= 0.3 is 0 Å². The standard InChI is InChI=1S/C16H25N3O2/c17-16(20)13-21-11-8-18-15-6-9-19(10-7-15)12-14-4-2-1-3-5-14/h1-5,15,18H,6-13H2,(H2,17,20). The third kappa shape index (κ3) is 6.25. The van der Waals surface area contributed by atoms with Crippen LogP contribution in [0.2, 0.25) is 0 Å². The number of ether oxygens (including phenoxy) is 1. The molecule has 0 saturated carbocycles. The van der Waals surface area contributed by atoms with Crippen LogP contribution in [0, 0.1) is 0 Å². The fourth-order valence-corrected chi connectivity index (χ4v) is 2.64. The SMILES string of the molecule is NC(=O)COCCNC1CCN(Cc2ccccc2)CC1. The highest BCUT2D eigenvalue weighted by Crippen LogP contribution is 2.13. The van der Waals surface area contributed by atoms with Gasteiger partial charge in [-0.1, -0.05) is 30.3 Å². The number of likely N-dealkylation sites (tertiary alicyclic amines) is 1. The molecule has 1 aromatic carbocycles. The minimum atomic E-state index is -0.413. The predicted octanol–water partition coefficient (Wildman–Crippen LogP) is 0.743. The Kier molecular flexibility index (Phi) is 6.66. The molecule has 1 saturated heterocycles. The first kappa shape index (κ1) is 15.9. The lowest BCUT2D eigenvalue weighted by molar-refractivity contribution is -0.122. The van der Waals surface area contributed by atoms with Gasteiger partial charge in [-0.2, -0.15) is 0 Å². The van der Waals surface area contributed by atoms with Crippen molar-refractivity contribution in [3.8, 4) is 0 Å². The molecule has 5 heteroatoms. The number of rotatable bonds is 8. The van der Waals surface area contributed by atoms with Crippen LogP contribution in [0.4, 0.5) is 0 Å². The number of hydrogen-bond donors (Lipinski definition) is 2. The Morgan fingerprint density at radius 3 is 2.67 bits per heavy atom. The van der Waals surface area contributed by atoms with Crippen molar-refractivity contribution in [1.82, 2.24) is 10.2 Å². The summed E-state index contributed by atoms with van der Waals surface area (Å²) in [7, 11) is 0. The molecule has 21 heavy (non-hydrogen) atoms. The molecule has 0 bridgehead atoms. The first-order chi connectivity index (χ1) is 10.2. The number of nitrogens with one attached hydrogen (secondary N) is 1. The molecule has 0 radical (unpaired) electrons. The van der Waals surface area contributed by atoms with E-state index in [0.29, 0.717) is 12.6 Å². The van der Waals surface area contributed by atoms with E-state index in [1.54, 1.807) is 0 Å². The van der Waals surface area contributed by atoms with Gasteiger partial charge in [-0.15, -0.1) is 0 Å². The van der Waals surface area contributed by atoms with Crippen LogP contribution in [-0.4, -0.2) is 49.7 Å². The summed E-state index contributed by atoms with van der Waals surface area (Å²) in [6.07, 6.45) is 2.31. The molecule has 1 heterocycles. The molecule has 116 valence electrons. The van der Waals surface area contributed by atoms with Gasteiger partial charge in [-0.25, -0.2) is 0 Å². The second-order valence-corrected chi connectivity index (χ2v) is 5.51. The first-order valence-electron chi connectivity index (χ1n) is 7.60. The Hall–Kier alpha value is -1.43. The molecule has 5 nitrogen and oxygen atoms in total. The highest BCUT2D eigenvalue weighted by atomic mass is 16.5. The summed E-state index contributed by atoms with van der Waals surface area (Å²) in [6.45, 7) is 4.60. The molecule has 1 aliphatic rings. The van der Waals surface area contributed by atoms with Crippen LogP contribution in [0.15, 0.2) is 30.3 Å². The van der Waals surface area contributed by atoms with E-state index in [-0.39, 0.29) is 6.61 Å². The maximum atomic E-state index is 10.5. The Morgan fingerprint density at radius 1 is 1.29 bits per heavy atom. The van der Waals surface area contributed by atoms with E-state index in [2.05, 4.69) is 40.5 Å². The number of piperidine rings is 1. The second-order valence-electron chi connectivity index (χ2n) is 5.51. The third-order valence-electron chi connectivity index (χ3n) is 3.76. The summed E-state index contributed by atoms with van der Waals surface area (Å²) in [5.41, 5.74) is 6.38. The van der Waals surface area contributed by atoms with E-state index < -0.39 is 5.91 Å². The zero-order chi connectivity index (χ0) is 14.9.